The minimum absolute atomic E-state index is 0.815. The average molecular weight is 249 g/mol. The zero-order valence-electron chi connectivity index (χ0n) is 10.6. The van der Waals surface area contributed by atoms with E-state index in [0.717, 1.165) is 13.0 Å². The Balaban J connectivity index is 1.79. The Hall–Kier alpha value is -2.42. The third-order valence-corrected chi connectivity index (χ3v) is 3.10. The smallest absolute Gasteiger partial charge is 0.0951 e. The van der Waals surface area contributed by atoms with Crippen LogP contribution in [-0.4, -0.2) is 14.5 Å². The zero-order chi connectivity index (χ0) is 12.9. The maximum Gasteiger partial charge on any atom is 0.0951 e. The summed E-state index contributed by atoms with van der Waals surface area (Å²) in [7, 11) is 0. The lowest BCUT2D eigenvalue weighted by atomic mass is 10.1. The minimum atomic E-state index is 0.815. The number of rotatable bonds is 4. The zero-order valence-corrected chi connectivity index (χ0v) is 10.6. The Morgan fingerprint density at radius 1 is 0.842 bits per heavy atom. The Kier molecular flexibility index (Phi) is 3.36. The van der Waals surface area contributed by atoms with Crippen molar-refractivity contribution in [1.29, 1.82) is 0 Å². The Morgan fingerprint density at radius 3 is 2.47 bits per heavy atom. The van der Waals surface area contributed by atoms with Crippen LogP contribution < -0.4 is 0 Å². The fourth-order valence-electron chi connectivity index (χ4n) is 2.13. The molecule has 3 aromatic rings. The van der Waals surface area contributed by atoms with Gasteiger partial charge < -0.3 is 4.57 Å². The van der Waals surface area contributed by atoms with Gasteiger partial charge in [-0.1, -0.05) is 36.4 Å². The van der Waals surface area contributed by atoms with E-state index in [4.69, 9.17) is 0 Å². The van der Waals surface area contributed by atoms with Gasteiger partial charge in [0.15, 0.2) is 0 Å². The first kappa shape index (κ1) is 11.7. The van der Waals surface area contributed by atoms with E-state index in [1.165, 1.54) is 16.8 Å². The lowest BCUT2D eigenvalue weighted by Gasteiger charge is -2.08. The number of aromatic nitrogens is 3. The summed E-state index contributed by atoms with van der Waals surface area (Å²) in [6.45, 7) is 0.815. The molecule has 0 saturated heterocycles. The summed E-state index contributed by atoms with van der Waals surface area (Å²) in [4.78, 5) is 8.40. The van der Waals surface area contributed by atoms with Crippen molar-refractivity contribution >= 4 is 0 Å². The maximum absolute atomic E-state index is 4.26. The number of imidazole rings is 1. The molecule has 0 unspecified atom stereocenters. The lowest BCUT2D eigenvalue weighted by molar-refractivity contribution is 0.750. The number of benzene rings is 1. The Morgan fingerprint density at radius 2 is 1.68 bits per heavy atom. The summed E-state index contributed by atoms with van der Waals surface area (Å²) in [5.74, 6) is 0. The molecule has 2 aromatic heterocycles. The van der Waals surface area contributed by atoms with Crippen molar-refractivity contribution < 1.29 is 0 Å². The van der Waals surface area contributed by atoms with E-state index in [2.05, 4.69) is 44.9 Å². The molecule has 0 bridgehead atoms. The average Bonchev–Trinajstić information content (AvgIpc) is 2.88. The molecule has 0 amide bonds. The van der Waals surface area contributed by atoms with Crippen molar-refractivity contribution in [3.8, 4) is 0 Å². The predicted molar refractivity (Wildman–Crippen MR) is 74.8 cm³/mol. The van der Waals surface area contributed by atoms with Gasteiger partial charge in [0.1, 0.15) is 0 Å². The third kappa shape index (κ3) is 2.88. The van der Waals surface area contributed by atoms with Gasteiger partial charge >= 0.3 is 0 Å². The van der Waals surface area contributed by atoms with Crippen LogP contribution in [0, 0.1) is 0 Å². The second-order valence-electron chi connectivity index (χ2n) is 4.54. The molecule has 0 fully saturated rings. The summed E-state index contributed by atoms with van der Waals surface area (Å²) >= 11 is 0. The largest absolute Gasteiger partial charge is 0.330 e. The highest BCUT2D eigenvalue weighted by molar-refractivity contribution is 5.21. The summed E-state index contributed by atoms with van der Waals surface area (Å²) < 4.78 is 2.17. The van der Waals surface area contributed by atoms with Crippen LogP contribution in [0.2, 0.25) is 0 Å². The molecular formula is C16H15N3. The van der Waals surface area contributed by atoms with E-state index in [-0.39, 0.29) is 0 Å². The molecule has 0 spiro atoms. The molecule has 1 aromatic carbocycles. The van der Waals surface area contributed by atoms with Crippen LogP contribution in [0.1, 0.15) is 16.8 Å². The first-order valence-corrected chi connectivity index (χ1v) is 6.33. The summed E-state index contributed by atoms with van der Waals surface area (Å²) in [6, 6.07) is 14.5. The molecule has 3 heteroatoms. The van der Waals surface area contributed by atoms with Crippen LogP contribution in [0.5, 0.6) is 0 Å². The molecule has 0 aliphatic rings. The SMILES string of the molecule is c1ccc(Cc2cncn2Cc2cccnc2)cc1. The Bertz CT molecular complexity index is 573. The highest BCUT2D eigenvalue weighted by atomic mass is 15.0. The highest BCUT2D eigenvalue weighted by Gasteiger charge is 2.04. The van der Waals surface area contributed by atoms with E-state index in [1.54, 1.807) is 6.20 Å². The second-order valence-corrected chi connectivity index (χ2v) is 4.54. The van der Waals surface area contributed by atoms with Gasteiger partial charge in [-0.15, -0.1) is 0 Å². The van der Waals surface area contributed by atoms with Gasteiger partial charge in [-0.3, -0.25) is 4.98 Å². The minimum Gasteiger partial charge on any atom is -0.330 e. The van der Waals surface area contributed by atoms with Crippen LogP contribution in [0.15, 0.2) is 67.4 Å². The summed E-state index contributed by atoms with van der Waals surface area (Å²) in [5, 5.41) is 0. The van der Waals surface area contributed by atoms with E-state index >= 15 is 0 Å². The lowest BCUT2D eigenvalue weighted by Crippen LogP contribution is -2.04. The van der Waals surface area contributed by atoms with Crippen LogP contribution in [0.4, 0.5) is 0 Å². The van der Waals surface area contributed by atoms with Gasteiger partial charge in [0.2, 0.25) is 0 Å². The Labute approximate surface area is 112 Å². The van der Waals surface area contributed by atoms with Crippen molar-refractivity contribution in [2.24, 2.45) is 0 Å². The maximum atomic E-state index is 4.26. The standard InChI is InChI=1S/C16H15N3/c1-2-5-14(6-3-1)9-16-11-18-13-19(16)12-15-7-4-8-17-10-15/h1-8,10-11,13H,9,12H2. The summed E-state index contributed by atoms with van der Waals surface area (Å²) in [6.07, 6.45) is 8.41. The fraction of sp³-hybridized carbons (Fsp3) is 0.125. The van der Waals surface area contributed by atoms with Crippen LogP contribution in [0.3, 0.4) is 0 Å². The van der Waals surface area contributed by atoms with Gasteiger partial charge in [-0.25, -0.2) is 4.98 Å². The van der Waals surface area contributed by atoms with Crippen molar-refractivity contribution in [3.05, 3.63) is 84.2 Å². The second kappa shape index (κ2) is 5.48. The number of nitrogens with zero attached hydrogens (tertiary/aromatic N) is 3. The first-order valence-electron chi connectivity index (χ1n) is 6.33. The monoisotopic (exact) mass is 249 g/mol. The molecule has 3 rings (SSSR count). The van der Waals surface area contributed by atoms with Gasteiger partial charge in [-0.2, -0.15) is 0 Å². The van der Waals surface area contributed by atoms with E-state index in [0.29, 0.717) is 0 Å². The molecule has 3 nitrogen and oxygen atoms in total. The van der Waals surface area contributed by atoms with E-state index in [1.807, 2.05) is 30.9 Å². The highest BCUT2D eigenvalue weighted by Crippen LogP contribution is 2.10. The van der Waals surface area contributed by atoms with Crippen LogP contribution in [0.25, 0.3) is 0 Å². The molecule has 0 aliphatic carbocycles. The van der Waals surface area contributed by atoms with Crippen LogP contribution in [-0.2, 0) is 13.0 Å². The third-order valence-electron chi connectivity index (χ3n) is 3.10. The van der Waals surface area contributed by atoms with Crippen molar-refractivity contribution in [2.45, 2.75) is 13.0 Å². The van der Waals surface area contributed by atoms with Gasteiger partial charge in [-0.05, 0) is 17.2 Å². The number of hydrogen-bond acceptors (Lipinski definition) is 2. The molecule has 19 heavy (non-hydrogen) atoms. The molecular weight excluding hydrogens is 234 g/mol. The fourth-order valence-corrected chi connectivity index (χ4v) is 2.13. The summed E-state index contributed by atoms with van der Waals surface area (Å²) in [5.41, 5.74) is 3.71. The molecule has 94 valence electrons. The van der Waals surface area contributed by atoms with Crippen molar-refractivity contribution in [2.75, 3.05) is 0 Å². The predicted octanol–water partition coefficient (Wildman–Crippen LogP) is 2.92. The van der Waals surface area contributed by atoms with Crippen LogP contribution >= 0.6 is 0 Å². The molecule has 0 saturated carbocycles. The van der Waals surface area contributed by atoms with Crippen molar-refractivity contribution in [1.82, 2.24) is 14.5 Å². The van der Waals surface area contributed by atoms with E-state index < -0.39 is 0 Å². The van der Waals surface area contributed by atoms with Crippen molar-refractivity contribution in [3.63, 3.8) is 0 Å². The first-order chi connectivity index (χ1) is 9.42. The molecule has 0 N–H and O–H groups in total. The van der Waals surface area contributed by atoms with Gasteiger partial charge in [0.05, 0.1) is 12.9 Å². The molecule has 0 radical (unpaired) electrons. The normalized spacial score (nSPS) is 10.5. The quantitative estimate of drug-likeness (QED) is 0.711. The van der Waals surface area contributed by atoms with Gasteiger partial charge in [0, 0.05) is 30.7 Å². The number of hydrogen-bond donors (Lipinski definition) is 0. The number of pyridine rings is 1. The van der Waals surface area contributed by atoms with Gasteiger partial charge in [0.25, 0.3) is 0 Å². The molecule has 2 heterocycles. The molecule has 0 aliphatic heterocycles. The molecule has 0 atom stereocenters. The topological polar surface area (TPSA) is 30.7 Å². The van der Waals surface area contributed by atoms with E-state index in [9.17, 15) is 0 Å².